The molecule has 0 aliphatic carbocycles. The van der Waals surface area contributed by atoms with E-state index in [1.54, 1.807) is 29.2 Å². The van der Waals surface area contributed by atoms with E-state index in [0.29, 0.717) is 16.5 Å². The zero-order valence-corrected chi connectivity index (χ0v) is 16.8. The first-order valence-electron chi connectivity index (χ1n) is 8.72. The summed E-state index contributed by atoms with van der Waals surface area (Å²) in [5.74, 6) is -0.690. The monoisotopic (exact) mass is 418 g/mol. The number of nitrogens with one attached hydrogen (secondary N) is 1. The van der Waals surface area contributed by atoms with Crippen molar-refractivity contribution in [2.24, 2.45) is 0 Å². The highest BCUT2D eigenvalue weighted by Gasteiger charge is 2.25. The maximum absolute atomic E-state index is 12.2. The van der Waals surface area contributed by atoms with Gasteiger partial charge in [-0.05, 0) is 43.3 Å². The quantitative estimate of drug-likeness (QED) is 0.723. The van der Waals surface area contributed by atoms with Crippen LogP contribution in [0.1, 0.15) is 13.3 Å². The lowest BCUT2D eigenvalue weighted by molar-refractivity contribution is -0.152. The molecule has 0 bridgehead atoms. The molecule has 0 radical (unpaired) electrons. The van der Waals surface area contributed by atoms with Gasteiger partial charge in [0.2, 0.25) is 5.91 Å². The van der Waals surface area contributed by atoms with E-state index in [-0.39, 0.29) is 18.9 Å². The lowest BCUT2D eigenvalue weighted by atomic mass is 10.2. The zero-order valence-electron chi connectivity index (χ0n) is 15.2. The summed E-state index contributed by atoms with van der Waals surface area (Å²) in [5, 5.41) is 3.22. The molecule has 0 aromatic heterocycles. The molecule has 1 heterocycles. The number of carbonyl (C=O) groups is 3. The summed E-state index contributed by atoms with van der Waals surface area (Å²) in [4.78, 5) is 39.1. The van der Waals surface area contributed by atoms with Crippen molar-refractivity contribution in [2.45, 2.75) is 24.3 Å². The minimum atomic E-state index is -0.955. The van der Waals surface area contributed by atoms with Gasteiger partial charge in [0.15, 0.2) is 6.10 Å². The van der Waals surface area contributed by atoms with E-state index in [1.165, 1.54) is 18.7 Å². The zero-order chi connectivity index (χ0) is 20.1. The molecule has 0 unspecified atom stereocenters. The molecule has 146 valence electrons. The molecule has 8 heteroatoms. The van der Waals surface area contributed by atoms with Crippen LogP contribution in [0, 0.1) is 0 Å². The highest BCUT2D eigenvalue weighted by atomic mass is 35.5. The van der Waals surface area contributed by atoms with Crippen molar-refractivity contribution in [3.8, 4) is 0 Å². The number of rotatable bonds is 6. The van der Waals surface area contributed by atoms with Gasteiger partial charge in [0.05, 0.1) is 17.9 Å². The highest BCUT2D eigenvalue weighted by molar-refractivity contribution is 8.00. The van der Waals surface area contributed by atoms with E-state index < -0.39 is 18.0 Å². The largest absolute Gasteiger partial charge is 0.452 e. The van der Waals surface area contributed by atoms with Gasteiger partial charge in [0.1, 0.15) is 0 Å². The summed E-state index contributed by atoms with van der Waals surface area (Å²) in [7, 11) is 0. The maximum Gasteiger partial charge on any atom is 0.308 e. The number of esters is 1. The Morgan fingerprint density at radius 3 is 2.68 bits per heavy atom. The van der Waals surface area contributed by atoms with Crippen LogP contribution in [0.4, 0.5) is 11.4 Å². The minimum absolute atomic E-state index is 0.00328. The van der Waals surface area contributed by atoms with Crippen molar-refractivity contribution in [2.75, 3.05) is 22.5 Å². The first kappa shape index (κ1) is 20.2. The number of hydrogen-bond acceptors (Lipinski definition) is 5. The minimum Gasteiger partial charge on any atom is -0.452 e. The lowest BCUT2D eigenvalue weighted by Crippen LogP contribution is -2.38. The number of benzene rings is 2. The molecule has 1 aliphatic heterocycles. The van der Waals surface area contributed by atoms with Crippen molar-refractivity contribution in [1.82, 2.24) is 0 Å². The fourth-order valence-electron chi connectivity index (χ4n) is 2.69. The van der Waals surface area contributed by atoms with Crippen molar-refractivity contribution in [3.05, 3.63) is 53.6 Å². The molecule has 3 rings (SSSR count). The number of anilines is 2. The van der Waals surface area contributed by atoms with Gasteiger partial charge in [-0.2, -0.15) is 0 Å². The third-order valence-electron chi connectivity index (χ3n) is 4.14. The fraction of sp³-hybridized carbons (Fsp3) is 0.250. The molecule has 0 saturated heterocycles. The van der Waals surface area contributed by atoms with Gasteiger partial charge >= 0.3 is 5.97 Å². The third-order valence-corrected chi connectivity index (χ3v) is 5.44. The second-order valence-corrected chi connectivity index (χ2v) is 7.63. The predicted molar refractivity (Wildman–Crippen MR) is 110 cm³/mol. The van der Waals surface area contributed by atoms with Gasteiger partial charge in [0.25, 0.3) is 5.91 Å². The van der Waals surface area contributed by atoms with Crippen molar-refractivity contribution in [1.29, 1.82) is 0 Å². The molecule has 28 heavy (non-hydrogen) atoms. The van der Waals surface area contributed by atoms with Crippen molar-refractivity contribution < 1.29 is 19.1 Å². The first-order chi connectivity index (χ1) is 13.4. The second-order valence-electron chi connectivity index (χ2n) is 6.18. The molecule has 0 fully saturated rings. The molecule has 0 spiro atoms. The van der Waals surface area contributed by atoms with Gasteiger partial charge in [-0.25, -0.2) is 0 Å². The Kier molecular flexibility index (Phi) is 6.59. The normalized spacial score (nSPS) is 14.2. The van der Waals surface area contributed by atoms with Crippen LogP contribution in [0.2, 0.25) is 5.02 Å². The number of ether oxygens (including phenoxy) is 1. The molecule has 0 saturated carbocycles. The van der Waals surface area contributed by atoms with E-state index in [2.05, 4.69) is 5.32 Å². The van der Waals surface area contributed by atoms with Gasteiger partial charge in [-0.3, -0.25) is 14.4 Å². The van der Waals surface area contributed by atoms with Gasteiger partial charge in [0, 0.05) is 22.2 Å². The number of amides is 2. The Hall–Kier alpha value is -2.51. The van der Waals surface area contributed by atoms with E-state index >= 15 is 0 Å². The van der Waals surface area contributed by atoms with Crippen LogP contribution >= 0.6 is 23.4 Å². The fourth-order valence-corrected chi connectivity index (χ4v) is 3.75. The average molecular weight is 419 g/mol. The summed E-state index contributed by atoms with van der Waals surface area (Å²) in [5.41, 5.74) is 1.36. The summed E-state index contributed by atoms with van der Waals surface area (Å²) >= 11 is 7.29. The second kappa shape index (κ2) is 9.12. The summed E-state index contributed by atoms with van der Waals surface area (Å²) in [6, 6.07) is 14.2. The number of fused-ring (bicyclic) bond motifs is 1. The third kappa shape index (κ3) is 5.05. The number of hydrogen-bond donors (Lipinski definition) is 1. The Morgan fingerprint density at radius 1 is 1.21 bits per heavy atom. The molecular weight excluding hydrogens is 400 g/mol. The van der Waals surface area contributed by atoms with E-state index in [9.17, 15) is 14.4 Å². The van der Waals surface area contributed by atoms with Gasteiger partial charge in [-0.1, -0.05) is 23.7 Å². The number of para-hydroxylation sites is 1. The Bertz CT molecular complexity index is 888. The van der Waals surface area contributed by atoms with Gasteiger partial charge < -0.3 is 15.0 Å². The summed E-state index contributed by atoms with van der Waals surface area (Å²) < 4.78 is 5.20. The molecular formula is C20H19ClN2O4S. The lowest BCUT2D eigenvalue weighted by Gasteiger charge is -2.28. The number of nitrogens with zero attached hydrogens (tertiary/aromatic N) is 1. The van der Waals surface area contributed by atoms with Crippen molar-refractivity contribution in [3.63, 3.8) is 0 Å². The maximum atomic E-state index is 12.2. The molecule has 2 amide bonds. The Labute approximate surface area is 172 Å². The molecule has 2 aromatic rings. The van der Waals surface area contributed by atoms with Crippen LogP contribution < -0.4 is 10.2 Å². The summed E-state index contributed by atoms with van der Waals surface area (Å²) in [6.45, 7) is 1.71. The van der Waals surface area contributed by atoms with Gasteiger partial charge in [-0.15, -0.1) is 11.8 Å². The van der Waals surface area contributed by atoms with Crippen LogP contribution in [-0.4, -0.2) is 36.2 Å². The highest BCUT2D eigenvalue weighted by Crippen LogP contribution is 2.34. The van der Waals surface area contributed by atoms with Crippen LogP contribution in [0.5, 0.6) is 0 Å². The smallest absolute Gasteiger partial charge is 0.308 e. The number of carbonyl (C=O) groups excluding carboxylic acids is 3. The van der Waals surface area contributed by atoms with Crippen LogP contribution in [0.25, 0.3) is 0 Å². The topological polar surface area (TPSA) is 75.7 Å². The van der Waals surface area contributed by atoms with Crippen LogP contribution in [0.15, 0.2) is 53.4 Å². The first-order valence-corrected chi connectivity index (χ1v) is 10.1. The predicted octanol–water partition coefficient (Wildman–Crippen LogP) is 3.74. The molecule has 1 aliphatic rings. The van der Waals surface area contributed by atoms with E-state index in [4.69, 9.17) is 16.3 Å². The molecule has 1 atom stereocenters. The molecule has 1 N–H and O–H groups in total. The molecule has 2 aromatic carbocycles. The average Bonchev–Trinajstić information content (AvgIpc) is 2.69. The Morgan fingerprint density at radius 2 is 1.93 bits per heavy atom. The van der Waals surface area contributed by atoms with E-state index in [1.807, 2.05) is 24.3 Å². The molecule has 6 nitrogen and oxygen atoms in total. The Balaban J connectivity index is 1.52. The standard InChI is InChI=1S/C20H19ClN2O4S/c1-13(20(26)22-15-8-6-14(21)7-9-15)27-19(25)10-11-23-16-4-2-3-5-17(16)28-12-18(23)24/h2-9,13H,10-12H2,1H3,(H,22,26)/t13-/m1/s1. The van der Waals surface area contributed by atoms with Crippen molar-refractivity contribution >= 4 is 52.5 Å². The van der Waals surface area contributed by atoms with E-state index in [0.717, 1.165) is 10.6 Å². The number of thioether (sulfide) groups is 1. The van der Waals surface area contributed by atoms with Crippen LogP contribution in [0.3, 0.4) is 0 Å². The summed E-state index contributed by atoms with van der Waals surface area (Å²) in [6.07, 6.45) is -0.952. The SMILES string of the molecule is C[C@@H](OC(=O)CCN1C(=O)CSc2ccccc21)C(=O)Nc1ccc(Cl)cc1. The number of halogens is 1. The van der Waals surface area contributed by atoms with Crippen LogP contribution in [-0.2, 0) is 19.1 Å².